The van der Waals surface area contributed by atoms with E-state index in [2.05, 4.69) is 0 Å². The highest BCUT2D eigenvalue weighted by atomic mass is 16.6. The number of fused-ring (bicyclic) bond motifs is 11. The Morgan fingerprint density at radius 1 is 0.898 bits per heavy atom. The summed E-state index contributed by atoms with van der Waals surface area (Å²) in [5.41, 5.74) is -3.56. The Balaban J connectivity index is 1.35. The molecular formula is C35H30O14. The molecule has 2 bridgehead atoms. The molecule has 1 saturated heterocycles. The Kier molecular flexibility index (Phi) is 6.51. The second-order valence-electron chi connectivity index (χ2n) is 13.3. The van der Waals surface area contributed by atoms with Crippen LogP contribution < -0.4 is 0 Å². The monoisotopic (exact) mass is 674 g/mol. The molecule has 0 aromatic heterocycles. The summed E-state index contributed by atoms with van der Waals surface area (Å²) in [6, 6.07) is 1.53. The van der Waals surface area contributed by atoms with Crippen molar-refractivity contribution < 1.29 is 67.8 Å². The van der Waals surface area contributed by atoms with Crippen molar-refractivity contribution in [1.29, 1.82) is 0 Å². The van der Waals surface area contributed by atoms with E-state index in [4.69, 9.17) is 23.7 Å². The van der Waals surface area contributed by atoms with Crippen LogP contribution in [0.25, 0.3) is 0 Å². The van der Waals surface area contributed by atoms with Gasteiger partial charge in [0.2, 0.25) is 0 Å². The lowest BCUT2D eigenvalue weighted by Crippen LogP contribution is -2.41. The van der Waals surface area contributed by atoms with Crippen LogP contribution in [0.4, 0.5) is 0 Å². The summed E-state index contributed by atoms with van der Waals surface area (Å²) in [5.74, 6) is -7.87. The minimum absolute atomic E-state index is 0.0280. The van der Waals surface area contributed by atoms with E-state index in [0.717, 1.165) is 6.92 Å². The topological polar surface area (TPSA) is 209 Å². The summed E-state index contributed by atoms with van der Waals surface area (Å²) in [4.78, 5) is 80.6. The molecule has 14 nitrogen and oxygen atoms in total. The first-order chi connectivity index (χ1) is 23.2. The van der Waals surface area contributed by atoms with Gasteiger partial charge in [0.05, 0.1) is 66.4 Å². The molecule has 2 aromatic carbocycles. The number of carbonyl (C=O) groups is 6. The van der Waals surface area contributed by atoms with Crippen molar-refractivity contribution in [3.05, 3.63) is 61.7 Å². The predicted octanol–water partition coefficient (Wildman–Crippen LogP) is 3.17. The van der Waals surface area contributed by atoms with Gasteiger partial charge in [-0.2, -0.15) is 0 Å². The number of ketones is 3. The maximum absolute atomic E-state index is 14.7. The second kappa shape index (κ2) is 10.2. The maximum Gasteiger partial charge on any atom is 0.309 e. The van der Waals surface area contributed by atoms with Gasteiger partial charge < -0.3 is 39.0 Å². The summed E-state index contributed by atoms with van der Waals surface area (Å²) in [6.45, 7) is 4.28. The maximum atomic E-state index is 14.7. The molecule has 0 radical (unpaired) electrons. The van der Waals surface area contributed by atoms with Crippen LogP contribution >= 0.6 is 0 Å². The number of hydrogen-bond donors (Lipinski definition) is 3. The van der Waals surface area contributed by atoms with Gasteiger partial charge in [0.15, 0.2) is 29.1 Å². The summed E-state index contributed by atoms with van der Waals surface area (Å²) < 4.78 is 28.0. The van der Waals surface area contributed by atoms with Crippen molar-refractivity contribution in [2.24, 2.45) is 5.92 Å². The summed E-state index contributed by atoms with van der Waals surface area (Å²) >= 11 is 0. The first kappa shape index (κ1) is 31.2. The van der Waals surface area contributed by atoms with E-state index >= 15 is 0 Å². The minimum Gasteiger partial charge on any atom is -0.507 e. The molecule has 3 aliphatic carbocycles. The lowest BCUT2D eigenvalue weighted by atomic mass is 9.71. The standard InChI is InChI=1S/C35H30O14/c1-10-20-13(5-14(46-10)7-18(37)45-4)6-16-23(29(20)40)28(39)15-9-35(16,49-12(3)36)27-22(15)31(42)24-25(33(27)44)30(41)21-11(2)47-17-8-19(38)48-34(17)26(21)32(24)43/h6,10-11,14-15,17,34,40-41,43H,5,7-9H2,1-4H3. The third kappa shape index (κ3) is 3.95. The molecule has 0 spiro atoms. The van der Waals surface area contributed by atoms with Crippen LogP contribution in [0.3, 0.4) is 0 Å². The molecule has 3 N–H and O–H groups in total. The van der Waals surface area contributed by atoms with E-state index in [0.29, 0.717) is 5.56 Å². The number of methoxy groups -OCH3 is 1. The van der Waals surface area contributed by atoms with E-state index in [-0.39, 0.29) is 64.6 Å². The van der Waals surface area contributed by atoms with E-state index in [1.807, 2.05) is 0 Å². The Morgan fingerprint density at radius 3 is 2.24 bits per heavy atom. The highest BCUT2D eigenvalue weighted by molar-refractivity contribution is 6.33. The van der Waals surface area contributed by atoms with Crippen LogP contribution in [0.5, 0.6) is 17.2 Å². The fourth-order valence-corrected chi connectivity index (χ4v) is 8.86. The van der Waals surface area contributed by atoms with Gasteiger partial charge in [-0.15, -0.1) is 0 Å². The fourth-order valence-electron chi connectivity index (χ4n) is 8.86. The second-order valence-corrected chi connectivity index (χ2v) is 13.3. The van der Waals surface area contributed by atoms with Gasteiger partial charge in [-0.3, -0.25) is 28.8 Å². The fraction of sp³-hybridized carbons (Fsp3) is 0.429. The number of carbonyl (C=O) groups excluding carboxylic acids is 6. The quantitative estimate of drug-likeness (QED) is 0.243. The number of aromatic hydroxyl groups is 3. The van der Waals surface area contributed by atoms with Gasteiger partial charge in [-0.1, -0.05) is 0 Å². The molecule has 7 unspecified atom stereocenters. The third-order valence-electron chi connectivity index (χ3n) is 10.6. The number of Topliss-reactive ketones (excluding diaryl/α,β-unsaturated/α-hetero) is 3. The number of phenols is 3. The SMILES string of the molecule is COC(=O)CC1Cc2cc3c(c(O)c2C(C)O1)C(=O)C1CC3(OC(C)=O)C2=C1C(=O)c1c(O)c3c(c(O)c1C2=O)C(C)OC1CC(=O)OC31. The van der Waals surface area contributed by atoms with Crippen molar-refractivity contribution in [3.63, 3.8) is 0 Å². The lowest BCUT2D eigenvalue weighted by molar-refractivity contribution is -0.155. The average molecular weight is 675 g/mol. The van der Waals surface area contributed by atoms with Gasteiger partial charge in [-0.25, -0.2) is 0 Å². The summed E-state index contributed by atoms with van der Waals surface area (Å²) in [5, 5.41) is 35.0. The van der Waals surface area contributed by atoms with Gasteiger partial charge in [0.1, 0.15) is 23.4 Å². The number of rotatable bonds is 3. The molecule has 49 heavy (non-hydrogen) atoms. The van der Waals surface area contributed by atoms with E-state index in [1.54, 1.807) is 13.8 Å². The largest absolute Gasteiger partial charge is 0.507 e. The van der Waals surface area contributed by atoms with Crippen molar-refractivity contribution in [2.45, 2.75) is 82.6 Å². The third-order valence-corrected chi connectivity index (χ3v) is 10.6. The lowest BCUT2D eigenvalue weighted by Gasteiger charge is -2.39. The summed E-state index contributed by atoms with van der Waals surface area (Å²) in [7, 11) is 1.24. The molecule has 0 saturated carbocycles. The van der Waals surface area contributed by atoms with Crippen molar-refractivity contribution in [1.82, 2.24) is 0 Å². The van der Waals surface area contributed by atoms with Crippen LogP contribution in [0.15, 0.2) is 17.2 Å². The molecule has 14 heteroatoms. The van der Waals surface area contributed by atoms with E-state index in [1.165, 1.54) is 13.2 Å². The smallest absolute Gasteiger partial charge is 0.309 e. The number of hydrogen-bond acceptors (Lipinski definition) is 14. The Bertz CT molecular complexity index is 2040. The van der Waals surface area contributed by atoms with Crippen LogP contribution in [-0.4, -0.2) is 69.9 Å². The Labute approximate surface area is 277 Å². The van der Waals surface area contributed by atoms with Crippen molar-refractivity contribution >= 4 is 35.3 Å². The van der Waals surface area contributed by atoms with Gasteiger partial charge in [0, 0.05) is 41.2 Å². The van der Waals surface area contributed by atoms with Crippen molar-refractivity contribution in [2.75, 3.05) is 7.11 Å². The number of ether oxygens (including phenoxy) is 5. The number of benzene rings is 2. The Morgan fingerprint density at radius 2 is 1.55 bits per heavy atom. The zero-order chi connectivity index (χ0) is 35.0. The van der Waals surface area contributed by atoms with Crippen LogP contribution in [0.2, 0.25) is 0 Å². The number of allylic oxidation sites excluding steroid dienone is 1. The van der Waals surface area contributed by atoms with Gasteiger partial charge in [-0.05, 0) is 31.9 Å². The van der Waals surface area contributed by atoms with E-state index < -0.39 is 106 Å². The molecule has 2 aromatic rings. The molecule has 3 heterocycles. The van der Waals surface area contributed by atoms with Gasteiger partial charge in [0.25, 0.3) is 0 Å². The predicted molar refractivity (Wildman–Crippen MR) is 160 cm³/mol. The van der Waals surface area contributed by atoms with E-state index in [9.17, 15) is 44.1 Å². The minimum atomic E-state index is -2.04. The molecule has 254 valence electrons. The van der Waals surface area contributed by atoms with Crippen LogP contribution in [0.1, 0.15) is 117 Å². The molecule has 3 aliphatic heterocycles. The number of esters is 3. The first-order valence-corrected chi connectivity index (χ1v) is 15.9. The molecule has 6 aliphatic rings. The van der Waals surface area contributed by atoms with Crippen molar-refractivity contribution in [3.8, 4) is 17.2 Å². The van der Waals surface area contributed by atoms with Crippen LogP contribution in [-0.2, 0) is 50.1 Å². The zero-order valence-corrected chi connectivity index (χ0v) is 26.7. The molecule has 7 atom stereocenters. The zero-order valence-electron chi connectivity index (χ0n) is 26.7. The van der Waals surface area contributed by atoms with Crippen LogP contribution in [0, 0.1) is 5.92 Å². The normalized spacial score (nSPS) is 30.4. The van der Waals surface area contributed by atoms with Gasteiger partial charge >= 0.3 is 17.9 Å². The molecule has 0 amide bonds. The highest BCUT2D eigenvalue weighted by Crippen LogP contribution is 2.63. The summed E-state index contributed by atoms with van der Waals surface area (Å²) in [6.07, 6.45) is -4.86. The first-order valence-electron chi connectivity index (χ1n) is 15.9. The highest BCUT2D eigenvalue weighted by Gasteiger charge is 2.64. The molecule has 8 rings (SSSR count). The Hall–Kier alpha value is -5.08. The average Bonchev–Trinajstić information content (AvgIpc) is 3.55. The molecular weight excluding hydrogens is 644 g/mol. The number of phenolic OH excluding ortho intramolecular Hbond substituents is 3. The molecule has 1 fully saturated rings.